The molecule has 0 radical (unpaired) electrons. The van der Waals surface area contributed by atoms with Gasteiger partial charge in [-0.1, -0.05) is 30.7 Å². The fourth-order valence-electron chi connectivity index (χ4n) is 3.49. The summed E-state index contributed by atoms with van der Waals surface area (Å²) in [6.45, 7) is 11.1. The third-order valence-electron chi connectivity index (χ3n) is 4.73. The molecule has 1 aromatic carbocycles. The van der Waals surface area contributed by atoms with Gasteiger partial charge in [-0.3, -0.25) is 0 Å². The predicted molar refractivity (Wildman–Crippen MR) is 82.5 cm³/mol. The van der Waals surface area contributed by atoms with Gasteiger partial charge in [-0.05, 0) is 75.8 Å². The zero-order valence-electron chi connectivity index (χ0n) is 12.7. The summed E-state index contributed by atoms with van der Waals surface area (Å²) >= 11 is 0. The molecule has 2 heteroatoms. The number of nitrogens with two attached hydrogens (primary N) is 1. The van der Waals surface area contributed by atoms with Crippen molar-refractivity contribution in [2.24, 2.45) is 11.7 Å². The minimum Gasteiger partial charge on any atom is -0.330 e. The molecule has 1 aliphatic heterocycles. The third kappa shape index (κ3) is 3.37. The van der Waals surface area contributed by atoms with Crippen molar-refractivity contribution < 1.29 is 0 Å². The normalized spacial score (nSPS) is 19.6. The van der Waals surface area contributed by atoms with Crippen LogP contribution in [0.4, 0.5) is 0 Å². The quantitative estimate of drug-likeness (QED) is 0.901. The second kappa shape index (κ2) is 6.53. The van der Waals surface area contributed by atoms with Gasteiger partial charge in [0, 0.05) is 0 Å². The lowest BCUT2D eigenvalue weighted by Crippen LogP contribution is -2.37. The van der Waals surface area contributed by atoms with Gasteiger partial charge in [-0.2, -0.15) is 0 Å². The molecule has 2 N–H and O–H groups in total. The van der Waals surface area contributed by atoms with Crippen molar-refractivity contribution in [1.82, 2.24) is 4.90 Å². The molecular formula is C17H28N2. The number of hydrogen-bond donors (Lipinski definition) is 1. The molecule has 1 saturated heterocycles. The van der Waals surface area contributed by atoms with E-state index in [0.717, 1.165) is 12.5 Å². The van der Waals surface area contributed by atoms with E-state index in [1.54, 1.807) is 0 Å². The Labute approximate surface area is 118 Å². The molecule has 0 aliphatic carbocycles. The lowest BCUT2D eigenvalue weighted by atomic mass is 9.78. The highest BCUT2D eigenvalue weighted by atomic mass is 15.1. The molecule has 1 atom stereocenters. The van der Waals surface area contributed by atoms with E-state index in [0.29, 0.717) is 5.92 Å². The average molecular weight is 260 g/mol. The molecular weight excluding hydrogens is 232 g/mol. The molecule has 2 nitrogen and oxygen atoms in total. The van der Waals surface area contributed by atoms with E-state index in [2.05, 4.69) is 43.9 Å². The average Bonchev–Trinajstić information content (AvgIpc) is 2.42. The lowest BCUT2D eigenvalue weighted by Gasteiger charge is -2.36. The minimum absolute atomic E-state index is 0.541. The molecule has 0 amide bonds. The maximum atomic E-state index is 6.10. The number of piperidine rings is 1. The third-order valence-corrected chi connectivity index (χ3v) is 4.73. The van der Waals surface area contributed by atoms with E-state index >= 15 is 0 Å². The molecule has 0 bridgehead atoms. The highest BCUT2D eigenvalue weighted by Gasteiger charge is 2.27. The summed E-state index contributed by atoms with van der Waals surface area (Å²) in [4.78, 5) is 2.55. The highest BCUT2D eigenvalue weighted by Crippen LogP contribution is 2.33. The van der Waals surface area contributed by atoms with E-state index < -0.39 is 0 Å². The van der Waals surface area contributed by atoms with Crippen LogP contribution in [0.25, 0.3) is 0 Å². The maximum absolute atomic E-state index is 6.10. The summed E-state index contributed by atoms with van der Waals surface area (Å²) in [6, 6.07) is 6.82. The molecule has 0 saturated carbocycles. The Morgan fingerprint density at radius 3 is 2.47 bits per heavy atom. The number of aryl methyl sites for hydroxylation is 2. The lowest BCUT2D eigenvalue weighted by molar-refractivity contribution is 0.176. The molecule has 1 aliphatic rings. The standard InChI is InChI=1S/C17H28N2/c1-4-19-9-7-15(8-10-19)17(12-18)16-6-5-13(2)11-14(16)3/h5-6,11,15,17H,4,7-10,12,18H2,1-3H3. The molecule has 1 aromatic rings. The van der Waals surface area contributed by atoms with Crippen molar-refractivity contribution in [3.8, 4) is 0 Å². The molecule has 0 aromatic heterocycles. The summed E-state index contributed by atoms with van der Waals surface area (Å²) in [5.74, 6) is 1.30. The Bertz CT molecular complexity index is 406. The predicted octanol–water partition coefficient (Wildman–Crippen LogP) is 3.08. The van der Waals surface area contributed by atoms with Gasteiger partial charge in [0.1, 0.15) is 0 Å². The first kappa shape index (κ1) is 14.5. The topological polar surface area (TPSA) is 29.3 Å². The Morgan fingerprint density at radius 1 is 1.26 bits per heavy atom. The van der Waals surface area contributed by atoms with Crippen LogP contribution < -0.4 is 5.73 Å². The van der Waals surface area contributed by atoms with E-state index in [4.69, 9.17) is 5.73 Å². The first-order chi connectivity index (χ1) is 9.15. The maximum Gasteiger partial charge on any atom is -0.000545 e. The number of likely N-dealkylation sites (tertiary alicyclic amines) is 1. The van der Waals surface area contributed by atoms with Crippen molar-refractivity contribution in [3.05, 3.63) is 34.9 Å². The number of rotatable bonds is 4. The Hall–Kier alpha value is -0.860. The van der Waals surface area contributed by atoms with Crippen LogP contribution in [0.3, 0.4) is 0 Å². The van der Waals surface area contributed by atoms with Crippen molar-refractivity contribution in [2.45, 2.75) is 39.5 Å². The first-order valence-electron chi connectivity index (χ1n) is 7.65. The van der Waals surface area contributed by atoms with Gasteiger partial charge in [-0.25, -0.2) is 0 Å². The van der Waals surface area contributed by atoms with Crippen LogP contribution in [-0.4, -0.2) is 31.1 Å². The SMILES string of the molecule is CCN1CCC(C(CN)c2ccc(C)cc2C)CC1. The Morgan fingerprint density at radius 2 is 1.95 bits per heavy atom. The Balaban J connectivity index is 2.12. The van der Waals surface area contributed by atoms with E-state index in [-0.39, 0.29) is 0 Å². The van der Waals surface area contributed by atoms with Gasteiger partial charge in [-0.15, -0.1) is 0 Å². The summed E-state index contributed by atoms with van der Waals surface area (Å²) in [7, 11) is 0. The molecule has 106 valence electrons. The van der Waals surface area contributed by atoms with Crippen LogP contribution in [0, 0.1) is 19.8 Å². The van der Waals surface area contributed by atoms with E-state index in [1.165, 1.54) is 49.2 Å². The van der Waals surface area contributed by atoms with Gasteiger partial charge < -0.3 is 10.6 Å². The van der Waals surface area contributed by atoms with Crippen LogP contribution in [0.15, 0.2) is 18.2 Å². The number of hydrogen-bond acceptors (Lipinski definition) is 2. The second-order valence-electron chi connectivity index (χ2n) is 5.97. The molecule has 1 heterocycles. The van der Waals surface area contributed by atoms with Crippen LogP contribution in [0.1, 0.15) is 42.4 Å². The first-order valence-corrected chi connectivity index (χ1v) is 7.65. The highest BCUT2D eigenvalue weighted by molar-refractivity contribution is 5.33. The summed E-state index contributed by atoms with van der Waals surface area (Å²) in [5, 5.41) is 0. The van der Waals surface area contributed by atoms with Crippen molar-refractivity contribution >= 4 is 0 Å². The fourth-order valence-corrected chi connectivity index (χ4v) is 3.49. The number of benzene rings is 1. The zero-order valence-corrected chi connectivity index (χ0v) is 12.7. The molecule has 0 spiro atoms. The molecule has 19 heavy (non-hydrogen) atoms. The monoisotopic (exact) mass is 260 g/mol. The summed E-state index contributed by atoms with van der Waals surface area (Å²) in [6.07, 6.45) is 2.59. The van der Waals surface area contributed by atoms with Crippen LogP contribution in [-0.2, 0) is 0 Å². The van der Waals surface area contributed by atoms with Gasteiger partial charge in [0.2, 0.25) is 0 Å². The molecule has 2 rings (SSSR count). The Kier molecular flexibility index (Phi) is 5.00. The van der Waals surface area contributed by atoms with Gasteiger partial charge in [0.25, 0.3) is 0 Å². The van der Waals surface area contributed by atoms with E-state index in [1.807, 2.05) is 0 Å². The number of nitrogens with zero attached hydrogens (tertiary/aromatic N) is 1. The minimum atomic E-state index is 0.541. The largest absolute Gasteiger partial charge is 0.330 e. The van der Waals surface area contributed by atoms with Gasteiger partial charge >= 0.3 is 0 Å². The van der Waals surface area contributed by atoms with Crippen molar-refractivity contribution in [2.75, 3.05) is 26.2 Å². The summed E-state index contributed by atoms with van der Waals surface area (Å²) < 4.78 is 0. The molecule has 1 fully saturated rings. The molecule has 1 unspecified atom stereocenters. The smallest absolute Gasteiger partial charge is 0.000545 e. The van der Waals surface area contributed by atoms with Crippen LogP contribution >= 0.6 is 0 Å². The summed E-state index contributed by atoms with van der Waals surface area (Å²) in [5.41, 5.74) is 10.3. The fraction of sp³-hybridized carbons (Fsp3) is 0.647. The second-order valence-corrected chi connectivity index (χ2v) is 5.97. The van der Waals surface area contributed by atoms with Crippen molar-refractivity contribution in [1.29, 1.82) is 0 Å². The van der Waals surface area contributed by atoms with Gasteiger partial charge in [0.05, 0.1) is 0 Å². The van der Waals surface area contributed by atoms with Crippen LogP contribution in [0.2, 0.25) is 0 Å². The van der Waals surface area contributed by atoms with Crippen LogP contribution in [0.5, 0.6) is 0 Å². The van der Waals surface area contributed by atoms with Gasteiger partial charge in [0.15, 0.2) is 0 Å². The zero-order chi connectivity index (χ0) is 13.8. The van der Waals surface area contributed by atoms with E-state index in [9.17, 15) is 0 Å². The van der Waals surface area contributed by atoms with Crippen molar-refractivity contribution in [3.63, 3.8) is 0 Å².